The summed E-state index contributed by atoms with van der Waals surface area (Å²) in [7, 11) is -1.60. The molecule has 0 aliphatic rings. The largest absolute Gasteiger partial charge is 0.494 e. The van der Waals surface area contributed by atoms with Gasteiger partial charge in [0.1, 0.15) is 5.76 Å². The van der Waals surface area contributed by atoms with Gasteiger partial charge < -0.3 is 9.16 Å². The summed E-state index contributed by atoms with van der Waals surface area (Å²) in [5.74, 6) is 0.751. The first-order chi connectivity index (χ1) is 9.74. The Balaban J connectivity index is 2.17. The molecule has 3 heteroatoms. The summed E-state index contributed by atoms with van der Waals surface area (Å²) in [6.45, 7) is 16.9. The first-order valence-corrected chi connectivity index (χ1v) is 10.7. The monoisotopic (exact) mass is 306 g/mol. The smallest absolute Gasteiger partial charge is 0.191 e. The van der Waals surface area contributed by atoms with E-state index in [1.807, 2.05) is 30.3 Å². The summed E-state index contributed by atoms with van der Waals surface area (Å²) >= 11 is 0. The third-order valence-electron chi connectivity index (χ3n) is 4.18. The Labute approximate surface area is 131 Å². The van der Waals surface area contributed by atoms with Crippen molar-refractivity contribution in [1.29, 1.82) is 0 Å². The molecular weight excluding hydrogens is 276 g/mol. The molecule has 0 unspecified atom stereocenters. The Bertz CT molecular complexity index is 432. The maximum atomic E-state index is 6.15. The third kappa shape index (κ3) is 6.06. The first kappa shape index (κ1) is 18.0. The van der Waals surface area contributed by atoms with E-state index in [9.17, 15) is 0 Å². The highest BCUT2D eigenvalue weighted by Gasteiger charge is 2.36. The molecule has 0 fully saturated rings. The van der Waals surface area contributed by atoms with Crippen molar-refractivity contribution in [3.05, 3.63) is 42.5 Å². The molecule has 0 atom stereocenters. The van der Waals surface area contributed by atoms with Crippen LogP contribution in [0.2, 0.25) is 18.1 Å². The van der Waals surface area contributed by atoms with Crippen molar-refractivity contribution in [1.82, 2.24) is 0 Å². The van der Waals surface area contributed by atoms with Gasteiger partial charge in [-0.1, -0.05) is 57.7 Å². The van der Waals surface area contributed by atoms with Crippen LogP contribution >= 0.6 is 0 Å². The van der Waals surface area contributed by atoms with Gasteiger partial charge in [0.25, 0.3) is 0 Å². The molecule has 0 aliphatic heterocycles. The minimum absolute atomic E-state index is 0.283. The van der Waals surface area contributed by atoms with Gasteiger partial charge in [0.05, 0.1) is 6.61 Å². The van der Waals surface area contributed by atoms with Gasteiger partial charge in [0.15, 0.2) is 8.32 Å². The Hall–Kier alpha value is -1.06. The number of hydrogen-bond acceptors (Lipinski definition) is 2. The highest BCUT2D eigenvalue weighted by atomic mass is 28.4. The number of unbranched alkanes of at least 4 members (excludes halogenated alkanes) is 1. The van der Waals surface area contributed by atoms with Gasteiger partial charge in [-0.25, -0.2) is 0 Å². The lowest BCUT2D eigenvalue weighted by Crippen LogP contribution is -2.40. The lowest BCUT2D eigenvalue weighted by molar-refractivity contribution is 0.236. The van der Waals surface area contributed by atoms with Crippen LogP contribution in [0, 0.1) is 0 Å². The molecule has 0 N–H and O–H groups in total. The van der Waals surface area contributed by atoms with Crippen LogP contribution in [0.25, 0.3) is 5.76 Å². The first-order valence-electron chi connectivity index (χ1n) is 7.75. The summed E-state index contributed by atoms with van der Waals surface area (Å²) in [6, 6.07) is 10.0. The molecule has 1 rings (SSSR count). The minimum Gasteiger partial charge on any atom is -0.494 e. The summed E-state index contributed by atoms with van der Waals surface area (Å²) < 4.78 is 11.8. The van der Waals surface area contributed by atoms with Crippen LogP contribution in [-0.4, -0.2) is 21.5 Å². The highest BCUT2D eigenvalue weighted by molar-refractivity contribution is 6.74. The maximum absolute atomic E-state index is 6.15. The molecule has 1 aromatic rings. The number of ether oxygens (including phenoxy) is 1. The number of rotatable bonds is 8. The summed E-state index contributed by atoms with van der Waals surface area (Å²) in [6.07, 6.45) is 2.04. The van der Waals surface area contributed by atoms with E-state index in [0.717, 1.165) is 30.8 Å². The molecule has 0 saturated heterocycles. The van der Waals surface area contributed by atoms with Crippen molar-refractivity contribution in [2.45, 2.75) is 51.7 Å². The lowest BCUT2D eigenvalue weighted by atomic mass is 10.2. The van der Waals surface area contributed by atoms with Crippen molar-refractivity contribution in [3.63, 3.8) is 0 Å². The van der Waals surface area contributed by atoms with E-state index in [1.165, 1.54) is 0 Å². The molecule has 0 aliphatic carbocycles. The topological polar surface area (TPSA) is 18.5 Å². The van der Waals surface area contributed by atoms with Crippen molar-refractivity contribution in [3.8, 4) is 0 Å². The second-order valence-corrected chi connectivity index (χ2v) is 11.8. The highest BCUT2D eigenvalue weighted by Crippen LogP contribution is 2.36. The average molecular weight is 307 g/mol. The van der Waals surface area contributed by atoms with Gasteiger partial charge in [-0.15, -0.1) is 0 Å². The quantitative estimate of drug-likeness (QED) is 0.360. The third-order valence-corrected chi connectivity index (χ3v) is 8.72. The SMILES string of the molecule is C=C(OCCCCO[Si](C)(C)C(C)(C)C)c1ccccc1. The van der Waals surface area contributed by atoms with Crippen LogP contribution in [0.15, 0.2) is 36.9 Å². The molecular formula is C18H30O2Si. The number of benzene rings is 1. The van der Waals surface area contributed by atoms with Gasteiger partial charge in [-0.3, -0.25) is 0 Å². The van der Waals surface area contributed by atoms with Gasteiger partial charge in [0, 0.05) is 12.2 Å². The Morgan fingerprint density at radius 3 is 2.19 bits per heavy atom. The summed E-state index contributed by atoms with van der Waals surface area (Å²) in [5, 5.41) is 0.283. The normalized spacial score (nSPS) is 12.2. The maximum Gasteiger partial charge on any atom is 0.191 e. The molecule has 0 bridgehead atoms. The van der Waals surface area contributed by atoms with Crippen LogP contribution < -0.4 is 0 Å². The van der Waals surface area contributed by atoms with E-state index in [4.69, 9.17) is 9.16 Å². The van der Waals surface area contributed by atoms with Crippen molar-refractivity contribution >= 4 is 14.1 Å². The molecule has 0 aromatic heterocycles. The van der Waals surface area contributed by atoms with E-state index in [-0.39, 0.29) is 5.04 Å². The van der Waals surface area contributed by atoms with Gasteiger partial charge in [-0.05, 0) is 31.0 Å². The minimum atomic E-state index is -1.60. The number of hydrogen-bond donors (Lipinski definition) is 0. The van der Waals surface area contributed by atoms with Gasteiger partial charge >= 0.3 is 0 Å². The zero-order valence-corrected chi connectivity index (χ0v) is 15.2. The van der Waals surface area contributed by atoms with Crippen molar-refractivity contribution < 1.29 is 9.16 Å². The zero-order valence-electron chi connectivity index (χ0n) is 14.2. The molecule has 21 heavy (non-hydrogen) atoms. The van der Waals surface area contributed by atoms with Crippen LogP contribution in [0.5, 0.6) is 0 Å². The van der Waals surface area contributed by atoms with E-state index < -0.39 is 8.32 Å². The summed E-state index contributed by atoms with van der Waals surface area (Å²) in [4.78, 5) is 0. The fourth-order valence-corrected chi connectivity index (χ4v) is 2.74. The lowest BCUT2D eigenvalue weighted by Gasteiger charge is -2.36. The van der Waals surface area contributed by atoms with Gasteiger partial charge in [0.2, 0.25) is 0 Å². The second kappa shape index (κ2) is 7.81. The Morgan fingerprint density at radius 2 is 1.62 bits per heavy atom. The molecule has 2 nitrogen and oxygen atoms in total. The molecule has 0 saturated carbocycles. The van der Waals surface area contributed by atoms with E-state index >= 15 is 0 Å². The standard InChI is InChI=1S/C18H30O2Si/c1-16(17-12-8-7-9-13-17)19-14-10-11-15-20-21(5,6)18(2,3)4/h7-9,12-13H,1,10-11,14-15H2,2-6H3. The van der Waals surface area contributed by atoms with Crippen LogP contribution in [0.3, 0.4) is 0 Å². The molecule has 0 amide bonds. The molecule has 118 valence electrons. The van der Waals surface area contributed by atoms with E-state index in [0.29, 0.717) is 6.61 Å². The molecule has 0 spiro atoms. The fourth-order valence-electron chi connectivity index (χ4n) is 1.65. The predicted molar refractivity (Wildman–Crippen MR) is 93.8 cm³/mol. The van der Waals surface area contributed by atoms with Crippen LogP contribution in [0.4, 0.5) is 0 Å². The Kier molecular flexibility index (Phi) is 6.69. The van der Waals surface area contributed by atoms with Gasteiger partial charge in [-0.2, -0.15) is 0 Å². The summed E-state index contributed by atoms with van der Waals surface area (Å²) in [5.41, 5.74) is 1.05. The second-order valence-electron chi connectivity index (χ2n) is 6.95. The van der Waals surface area contributed by atoms with E-state index in [1.54, 1.807) is 0 Å². The Morgan fingerprint density at radius 1 is 1.05 bits per heavy atom. The molecule has 0 heterocycles. The van der Waals surface area contributed by atoms with E-state index in [2.05, 4.69) is 40.4 Å². The average Bonchev–Trinajstić information content (AvgIpc) is 2.42. The van der Waals surface area contributed by atoms with Crippen LogP contribution in [0.1, 0.15) is 39.2 Å². The zero-order chi connectivity index (χ0) is 15.9. The molecule has 0 radical (unpaired) electrons. The van der Waals surface area contributed by atoms with Crippen molar-refractivity contribution in [2.75, 3.05) is 13.2 Å². The molecule has 1 aromatic carbocycles. The fraction of sp³-hybridized carbons (Fsp3) is 0.556. The van der Waals surface area contributed by atoms with Crippen molar-refractivity contribution in [2.24, 2.45) is 0 Å². The predicted octanol–water partition coefficient (Wildman–Crippen LogP) is 5.48. The van der Waals surface area contributed by atoms with Crippen LogP contribution in [-0.2, 0) is 9.16 Å².